The second-order valence-corrected chi connectivity index (χ2v) is 7.58. The van der Waals surface area contributed by atoms with E-state index in [-0.39, 0.29) is 24.5 Å². The molecule has 0 saturated heterocycles. The Morgan fingerprint density at radius 2 is 1.56 bits per heavy atom. The number of para-hydroxylation sites is 1. The van der Waals surface area contributed by atoms with E-state index in [0.717, 1.165) is 16.5 Å². The van der Waals surface area contributed by atoms with Crippen molar-refractivity contribution in [1.82, 2.24) is 10.3 Å². The van der Waals surface area contributed by atoms with Crippen LogP contribution in [0.5, 0.6) is 0 Å². The number of carbonyl (C=O) groups excluding carboxylic acids is 1. The standard InChI is InChI=1S/C22H17F6N3O/c23-21(24,25)14-7-12(8-15(10-14)22(26,27)28)5-6-18-19(31-20(32)30-18)9-13-11-29-17-4-2-1-3-16(13)17/h1-4,7-8,10-11,19,29H,5-6,9H2,(H,31,32). The van der Waals surface area contributed by atoms with Gasteiger partial charge in [-0.1, -0.05) is 18.2 Å². The molecule has 1 aromatic heterocycles. The molecule has 0 radical (unpaired) electrons. The lowest BCUT2D eigenvalue weighted by molar-refractivity contribution is -0.143. The number of carbonyl (C=O) groups is 1. The lowest BCUT2D eigenvalue weighted by atomic mass is 9.96. The van der Waals surface area contributed by atoms with Crippen LogP contribution in [0.3, 0.4) is 0 Å². The van der Waals surface area contributed by atoms with Crippen molar-refractivity contribution in [2.75, 3.05) is 0 Å². The van der Waals surface area contributed by atoms with E-state index in [1.54, 1.807) is 6.20 Å². The number of aromatic amines is 1. The highest BCUT2D eigenvalue weighted by molar-refractivity contribution is 6.05. The third kappa shape index (κ3) is 4.63. The van der Waals surface area contributed by atoms with Crippen LogP contribution in [0.15, 0.2) is 53.7 Å². The summed E-state index contributed by atoms with van der Waals surface area (Å²) in [5.41, 5.74) is -0.625. The number of hydrogen-bond acceptors (Lipinski definition) is 1. The largest absolute Gasteiger partial charge is 0.416 e. The van der Waals surface area contributed by atoms with Gasteiger partial charge in [0.05, 0.1) is 17.2 Å². The van der Waals surface area contributed by atoms with Crippen LogP contribution in [0.25, 0.3) is 10.9 Å². The van der Waals surface area contributed by atoms with Crippen molar-refractivity contribution in [3.05, 3.63) is 70.9 Å². The first-order valence-electron chi connectivity index (χ1n) is 9.72. The van der Waals surface area contributed by atoms with E-state index in [9.17, 15) is 31.1 Å². The van der Waals surface area contributed by atoms with Crippen molar-refractivity contribution < 1.29 is 31.1 Å². The predicted octanol–water partition coefficient (Wildman–Crippen LogP) is 5.91. The summed E-state index contributed by atoms with van der Waals surface area (Å²) in [6.07, 6.45) is -7.69. The molecule has 168 valence electrons. The molecule has 1 unspecified atom stereocenters. The number of nitrogens with zero attached hydrogens (tertiary/aromatic N) is 1. The molecular weight excluding hydrogens is 436 g/mol. The van der Waals surface area contributed by atoms with Gasteiger partial charge in [0.2, 0.25) is 0 Å². The van der Waals surface area contributed by atoms with Crippen LogP contribution in [0, 0.1) is 0 Å². The number of fused-ring (bicyclic) bond motifs is 1. The number of benzene rings is 2. The molecule has 2 amide bonds. The Balaban J connectivity index is 1.54. The number of H-pyrrole nitrogens is 1. The Morgan fingerprint density at radius 1 is 0.906 bits per heavy atom. The van der Waals surface area contributed by atoms with E-state index in [1.165, 1.54) is 0 Å². The number of aromatic nitrogens is 1. The van der Waals surface area contributed by atoms with E-state index < -0.39 is 35.6 Å². The van der Waals surface area contributed by atoms with Crippen LogP contribution >= 0.6 is 0 Å². The van der Waals surface area contributed by atoms with Gasteiger partial charge in [-0.2, -0.15) is 26.3 Å². The highest BCUT2D eigenvalue weighted by atomic mass is 19.4. The molecule has 0 saturated carbocycles. The monoisotopic (exact) mass is 453 g/mol. The number of nitrogens with one attached hydrogen (secondary N) is 2. The first kappa shape index (κ1) is 21.9. The van der Waals surface area contributed by atoms with Crippen molar-refractivity contribution in [2.45, 2.75) is 37.7 Å². The Bertz CT molecular complexity index is 1160. The summed E-state index contributed by atoms with van der Waals surface area (Å²) in [5, 5.41) is 3.66. The molecule has 1 aliphatic rings. The van der Waals surface area contributed by atoms with E-state index in [2.05, 4.69) is 15.3 Å². The number of amides is 2. The fraction of sp³-hybridized carbons (Fsp3) is 0.273. The second-order valence-electron chi connectivity index (χ2n) is 7.58. The third-order valence-corrected chi connectivity index (χ3v) is 5.36. The van der Waals surface area contributed by atoms with E-state index in [1.807, 2.05) is 24.3 Å². The molecule has 0 aliphatic carbocycles. The molecule has 2 heterocycles. The van der Waals surface area contributed by atoms with E-state index in [0.29, 0.717) is 24.3 Å². The molecule has 0 bridgehead atoms. The number of aryl methyl sites for hydroxylation is 1. The van der Waals surface area contributed by atoms with Gasteiger partial charge in [-0.05, 0) is 48.2 Å². The number of halogens is 6. The molecular formula is C22H17F6N3O. The van der Waals surface area contributed by atoms with Crippen LogP contribution in [0.4, 0.5) is 31.1 Å². The van der Waals surface area contributed by atoms with Crippen LogP contribution in [-0.2, 0) is 25.2 Å². The van der Waals surface area contributed by atoms with Gasteiger partial charge < -0.3 is 10.3 Å². The lowest BCUT2D eigenvalue weighted by Gasteiger charge is -2.16. The maximum atomic E-state index is 13.1. The maximum Gasteiger partial charge on any atom is 0.416 e. The van der Waals surface area contributed by atoms with Crippen LogP contribution in [0.1, 0.15) is 28.7 Å². The number of aliphatic imine (C=N–C) groups is 1. The molecule has 0 spiro atoms. The maximum absolute atomic E-state index is 13.1. The molecule has 2 aromatic carbocycles. The zero-order valence-corrected chi connectivity index (χ0v) is 16.4. The summed E-state index contributed by atoms with van der Waals surface area (Å²) in [4.78, 5) is 18.9. The van der Waals surface area contributed by atoms with Gasteiger partial charge in [-0.15, -0.1) is 0 Å². The smallest absolute Gasteiger partial charge is 0.361 e. The normalized spacial score (nSPS) is 17.0. The van der Waals surface area contributed by atoms with Gasteiger partial charge in [0, 0.05) is 29.2 Å². The van der Waals surface area contributed by atoms with Gasteiger partial charge in [0.25, 0.3) is 0 Å². The van der Waals surface area contributed by atoms with E-state index >= 15 is 0 Å². The summed E-state index contributed by atoms with van der Waals surface area (Å²) in [6, 6.07) is 7.98. The third-order valence-electron chi connectivity index (χ3n) is 5.36. The van der Waals surface area contributed by atoms with Gasteiger partial charge in [0.1, 0.15) is 0 Å². The SMILES string of the molecule is O=C1N=C(CCc2cc(C(F)(F)F)cc(C(F)(F)F)c2)C(Cc2c[nH]c3ccccc23)N1. The second kappa shape index (κ2) is 7.99. The quantitative estimate of drug-likeness (QED) is 0.464. The van der Waals surface area contributed by atoms with Gasteiger partial charge >= 0.3 is 18.4 Å². The first-order valence-corrected chi connectivity index (χ1v) is 9.72. The lowest BCUT2D eigenvalue weighted by Crippen LogP contribution is -2.34. The zero-order chi connectivity index (χ0) is 23.1. The molecule has 0 fully saturated rings. The minimum Gasteiger partial charge on any atom is -0.361 e. The number of rotatable bonds is 5. The Hall–Kier alpha value is -3.30. The summed E-state index contributed by atoms with van der Waals surface area (Å²) in [6.45, 7) is 0. The minimum absolute atomic E-state index is 0.0460. The van der Waals surface area contributed by atoms with Crippen molar-refractivity contribution in [3.8, 4) is 0 Å². The Kier molecular flexibility index (Phi) is 5.47. The average Bonchev–Trinajstić information content (AvgIpc) is 3.28. The topological polar surface area (TPSA) is 57.2 Å². The molecule has 1 atom stereocenters. The van der Waals surface area contributed by atoms with Gasteiger partial charge in [-0.3, -0.25) is 0 Å². The van der Waals surface area contributed by atoms with Crippen molar-refractivity contribution in [3.63, 3.8) is 0 Å². The first-order chi connectivity index (χ1) is 15.0. The van der Waals surface area contributed by atoms with Crippen LogP contribution in [0.2, 0.25) is 0 Å². The van der Waals surface area contributed by atoms with Crippen molar-refractivity contribution in [2.24, 2.45) is 4.99 Å². The number of alkyl halides is 6. The molecule has 3 aromatic rings. The fourth-order valence-corrected chi connectivity index (χ4v) is 3.83. The zero-order valence-electron chi connectivity index (χ0n) is 16.4. The molecule has 2 N–H and O–H groups in total. The Morgan fingerprint density at radius 3 is 2.22 bits per heavy atom. The summed E-state index contributed by atoms with van der Waals surface area (Å²) in [5.74, 6) is 0. The molecule has 10 heteroatoms. The highest BCUT2D eigenvalue weighted by Gasteiger charge is 2.37. The fourth-order valence-electron chi connectivity index (χ4n) is 3.83. The van der Waals surface area contributed by atoms with Gasteiger partial charge in [0.15, 0.2) is 0 Å². The van der Waals surface area contributed by atoms with Crippen molar-refractivity contribution in [1.29, 1.82) is 0 Å². The minimum atomic E-state index is -4.91. The number of urea groups is 1. The predicted molar refractivity (Wildman–Crippen MR) is 107 cm³/mol. The molecule has 1 aliphatic heterocycles. The average molecular weight is 453 g/mol. The molecule has 32 heavy (non-hydrogen) atoms. The van der Waals surface area contributed by atoms with Gasteiger partial charge in [-0.25, -0.2) is 9.79 Å². The summed E-state index contributed by atoms with van der Waals surface area (Å²) >= 11 is 0. The van der Waals surface area contributed by atoms with E-state index in [4.69, 9.17) is 0 Å². The summed E-state index contributed by atoms with van der Waals surface area (Å²) < 4.78 is 78.5. The van der Waals surface area contributed by atoms with Crippen LogP contribution < -0.4 is 5.32 Å². The summed E-state index contributed by atoms with van der Waals surface area (Å²) in [7, 11) is 0. The molecule has 4 rings (SSSR count). The van der Waals surface area contributed by atoms with Crippen LogP contribution in [-0.4, -0.2) is 22.8 Å². The van der Waals surface area contributed by atoms with Crippen molar-refractivity contribution >= 4 is 22.6 Å². The Labute approximate surface area is 178 Å². The highest BCUT2D eigenvalue weighted by Crippen LogP contribution is 2.36. The number of hydrogen-bond donors (Lipinski definition) is 2. The molecule has 4 nitrogen and oxygen atoms in total.